The minimum atomic E-state index is -0.0634. The molecule has 0 atom stereocenters. The zero-order chi connectivity index (χ0) is 14.5. The second kappa shape index (κ2) is 6.75. The normalized spacial score (nSPS) is 15.5. The van der Waals surface area contributed by atoms with Gasteiger partial charge >= 0.3 is 0 Å². The number of nitrogens with two attached hydrogens (primary N) is 1. The van der Waals surface area contributed by atoms with Crippen molar-refractivity contribution in [2.45, 2.75) is 45.1 Å². The molecule has 1 aromatic carbocycles. The highest BCUT2D eigenvalue weighted by atomic mass is 16.3. The van der Waals surface area contributed by atoms with E-state index in [0.717, 1.165) is 24.8 Å². The average Bonchev–Trinajstić information content (AvgIpc) is 2.95. The van der Waals surface area contributed by atoms with Gasteiger partial charge in [0.15, 0.2) is 0 Å². The van der Waals surface area contributed by atoms with Gasteiger partial charge in [-0.3, -0.25) is 4.79 Å². The lowest BCUT2D eigenvalue weighted by Gasteiger charge is -2.29. The predicted octanol–water partition coefficient (Wildman–Crippen LogP) is 2.43. The summed E-state index contributed by atoms with van der Waals surface area (Å²) in [6.45, 7) is 3.18. The van der Waals surface area contributed by atoms with E-state index in [2.05, 4.69) is 0 Å². The molecule has 1 aliphatic rings. The smallest absolute Gasteiger partial charge is 0.257 e. The van der Waals surface area contributed by atoms with E-state index in [0.29, 0.717) is 24.7 Å². The second-order valence-electron chi connectivity index (χ2n) is 5.60. The summed E-state index contributed by atoms with van der Waals surface area (Å²) in [6, 6.07) is 5.47. The highest BCUT2D eigenvalue weighted by Crippen LogP contribution is 2.27. The van der Waals surface area contributed by atoms with Crippen LogP contribution in [-0.4, -0.2) is 35.0 Å². The third kappa shape index (κ3) is 3.31. The Morgan fingerprint density at radius 3 is 2.75 bits per heavy atom. The van der Waals surface area contributed by atoms with Crippen molar-refractivity contribution in [3.63, 3.8) is 0 Å². The van der Waals surface area contributed by atoms with Crippen molar-refractivity contribution in [1.82, 2.24) is 4.90 Å². The molecule has 0 aromatic heterocycles. The fraction of sp³-hybridized carbons (Fsp3) is 0.562. The van der Waals surface area contributed by atoms with Crippen LogP contribution >= 0.6 is 0 Å². The van der Waals surface area contributed by atoms with Gasteiger partial charge in [0.1, 0.15) is 5.75 Å². The number of nitrogens with zero attached hydrogens (tertiary/aromatic N) is 1. The first kappa shape index (κ1) is 14.9. The Hall–Kier alpha value is -1.55. The van der Waals surface area contributed by atoms with Crippen LogP contribution in [0, 0.1) is 6.92 Å². The topological polar surface area (TPSA) is 66.6 Å². The lowest BCUT2D eigenvalue weighted by atomic mass is 10.1. The molecular weight excluding hydrogens is 252 g/mol. The van der Waals surface area contributed by atoms with Gasteiger partial charge in [-0.25, -0.2) is 0 Å². The van der Waals surface area contributed by atoms with Gasteiger partial charge in [0.2, 0.25) is 0 Å². The molecule has 0 heterocycles. The summed E-state index contributed by atoms with van der Waals surface area (Å²) in [5.74, 6) is 0.00268. The van der Waals surface area contributed by atoms with E-state index in [4.69, 9.17) is 5.73 Å². The van der Waals surface area contributed by atoms with Crippen molar-refractivity contribution in [3.8, 4) is 5.75 Å². The number of carbonyl (C=O) groups excluding carboxylic acids is 1. The monoisotopic (exact) mass is 276 g/mol. The molecule has 0 radical (unpaired) electrons. The van der Waals surface area contributed by atoms with Crippen LogP contribution in [0.1, 0.15) is 48.0 Å². The molecule has 1 aliphatic carbocycles. The lowest BCUT2D eigenvalue weighted by molar-refractivity contribution is 0.0677. The van der Waals surface area contributed by atoms with Gasteiger partial charge in [0, 0.05) is 12.6 Å². The SMILES string of the molecule is Cc1ccc(O)c(C(=O)N(CCCN)C2CCCC2)c1. The quantitative estimate of drug-likeness (QED) is 0.868. The van der Waals surface area contributed by atoms with E-state index in [1.54, 1.807) is 12.1 Å². The Morgan fingerprint density at radius 1 is 1.40 bits per heavy atom. The first-order chi connectivity index (χ1) is 9.63. The molecule has 2 rings (SSSR count). The highest BCUT2D eigenvalue weighted by Gasteiger charge is 2.28. The standard InChI is InChI=1S/C16H24N2O2/c1-12-7-8-15(19)14(11-12)16(20)18(10-4-9-17)13-5-2-3-6-13/h7-8,11,13,19H,2-6,9-10,17H2,1H3. The van der Waals surface area contributed by atoms with Gasteiger partial charge in [-0.15, -0.1) is 0 Å². The van der Waals surface area contributed by atoms with Gasteiger partial charge in [0.25, 0.3) is 5.91 Å². The summed E-state index contributed by atoms with van der Waals surface area (Å²) in [7, 11) is 0. The molecule has 1 fully saturated rings. The van der Waals surface area contributed by atoms with Crippen molar-refractivity contribution in [1.29, 1.82) is 0 Å². The van der Waals surface area contributed by atoms with Crippen molar-refractivity contribution < 1.29 is 9.90 Å². The largest absolute Gasteiger partial charge is 0.507 e. The van der Waals surface area contributed by atoms with Crippen LogP contribution in [0.3, 0.4) is 0 Å². The fourth-order valence-electron chi connectivity index (χ4n) is 2.90. The summed E-state index contributed by atoms with van der Waals surface area (Å²) in [5.41, 5.74) is 6.97. The van der Waals surface area contributed by atoms with Crippen molar-refractivity contribution in [2.75, 3.05) is 13.1 Å². The number of hydrogen-bond donors (Lipinski definition) is 2. The Bertz CT molecular complexity index is 468. The van der Waals surface area contributed by atoms with Crippen molar-refractivity contribution in [3.05, 3.63) is 29.3 Å². The summed E-state index contributed by atoms with van der Waals surface area (Å²) in [4.78, 5) is 14.6. The van der Waals surface area contributed by atoms with Crippen molar-refractivity contribution in [2.24, 2.45) is 5.73 Å². The van der Waals surface area contributed by atoms with Gasteiger partial charge in [-0.2, -0.15) is 0 Å². The van der Waals surface area contributed by atoms with Crippen LogP contribution in [0.15, 0.2) is 18.2 Å². The van der Waals surface area contributed by atoms with Crippen LogP contribution in [0.2, 0.25) is 0 Å². The molecule has 1 aromatic rings. The van der Waals surface area contributed by atoms with Crippen LogP contribution in [0.5, 0.6) is 5.75 Å². The molecule has 0 spiro atoms. The van der Waals surface area contributed by atoms with E-state index in [-0.39, 0.29) is 11.7 Å². The first-order valence-corrected chi connectivity index (χ1v) is 7.44. The Morgan fingerprint density at radius 2 is 2.10 bits per heavy atom. The number of phenolic OH excluding ortho intramolecular Hbond substituents is 1. The van der Waals surface area contributed by atoms with Gasteiger partial charge in [-0.05, 0) is 44.9 Å². The summed E-state index contributed by atoms with van der Waals surface area (Å²) in [5, 5.41) is 9.95. The molecule has 3 N–H and O–H groups in total. The van der Waals surface area contributed by atoms with Gasteiger partial charge < -0.3 is 15.7 Å². The van der Waals surface area contributed by atoms with Crippen LogP contribution < -0.4 is 5.73 Å². The molecular formula is C16H24N2O2. The average molecular weight is 276 g/mol. The number of hydrogen-bond acceptors (Lipinski definition) is 3. The molecule has 4 nitrogen and oxygen atoms in total. The third-order valence-electron chi connectivity index (χ3n) is 4.01. The number of carbonyl (C=O) groups is 1. The minimum Gasteiger partial charge on any atom is -0.507 e. The Kier molecular flexibility index (Phi) is 5.01. The molecule has 110 valence electrons. The first-order valence-electron chi connectivity index (χ1n) is 7.44. The Balaban J connectivity index is 2.22. The number of aromatic hydroxyl groups is 1. The number of rotatable bonds is 5. The van der Waals surface area contributed by atoms with Crippen LogP contribution in [0.4, 0.5) is 0 Å². The van der Waals surface area contributed by atoms with E-state index >= 15 is 0 Å². The zero-order valence-electron chi connectivity index (χ0n) is 12.1. The third-order valence-corrected chi connectivity index (χ3v) is 4.01. The number of benzene rings is 1. The van der Waals surface area contributed by atoms with E-state index < -0.39 is 0 Å². The summed E-state index contributed by atoms with van der Waals surface area (Å²) >= 11 is 0. The maximum atomic E-state index is 12.7. The van der Waals surface area contributed by atoms with Crippen molar-refractivity contribution >= 4 is 5.91 Å². The minimum absolute atomic E-state index is 0.0634. The molecule has 4 heteroatoms. The molecule has 0 aliphatic heterocycles. The highest BCUT2D eigenvalue weighted by molar-refractivity contribution is 5.97. The zero-order valence-corrected chi connectivity index (χ0v) is 12.1. The number of aryl methyl sites for hydroxylation is 1. The second-order valence-corrected chi connectivity index (χ2v) is 5.60. The molecule has 0 saturated heterocycles. The summed E-state index contributed by atoms with van der Waals surface area (Å²) in [6.07, 6.45) is 5.27. The van der Waals surface area contributed by atoms with E-state index in [1.807, 2.05) is 17.9 Å². The molecule has 20 heavy (non-hydrogen) atoms. The molecule has 0 bridgehead atoms. The van der Waals surface area contributed by atoms with Gasteiger partial charge in [0.05, 0.1) is 5.56 Å². The Labute approximate surface area is 120 Å². The molecule has 1 saturated carbocycles. The van der Waals surface area contributed by atoms with Crippen LogP contribution in [-0.2, 0) is 0 Å². The van der Waals surface area contributed by atoms with Gasteiger partial charge in [-0.1, -0.05) is 24.5 Å². The molecule has 1 amide bonds. The number of amides is 1. The predicted molar refractivity (Wildman–Crippen MR) is 79.8 cm³/mol. The fourth-order valence-corrected chi connectivity index (χ4v) is 2.90. The maximum Gasteiger partial charge on any atom is 0.257 e. The van der Waals surface area contributed by atoms with E-state index in [9.17, 15) is 9.90 Å². The summed E-state index contributed by atoms with van der Waals surface area (Å²) < 4.78 is 0. The van der Waals surface area contributed by atoms with Crippen LogP contribution in [0.25, 0.3) is 0 Å². The molecule has 0 unspecified atom stereocenters. The van der Waals surface area contributed by atoms with E-state index in [1.165, 1.54) is 12.8 Å². The maximum absolute atomic E-state index is 12.7. The number of phenols is 1. The lowest BCUT2D eigenvalue weighted by Crippen LogP contribution is -2.40.